The minimum absolute atomic E-state index is 0.220. The Hall–Kier alpha value is -1.73. The molecular formula is C11H10BrN3O3. The molecule has 1 aromatic carbocycles. The van der Waals surface area contributed by atoms with Gasteiger partial charge in [-0.25, -0.2) is 0 Å². The molecule has 18 heavy (non-hydrogen) atoms. The lowest BCUT2D eigenvalue weighted by Gasteiger charge is -2.10. The number of halogens is 1. The summed E-state index contributed by atoms with van der Waals surface area (Å²) in [6.45, 7) is 0.220. The van der Waals surface area contributed by atoms with Gasteiger partial charge in [0.05, 0.1) is 12.6 Å². The van der Waals surface area contributed by atoms with Gasteiger partial charge >= 0.3 is 5.82 Å². The van der Waals surface area contributed by atoms with Crippen LogP contribution < -0.4 is 0 Å². The first-order valence-electron chi connectivity index (χ1n) is 5.16. The van der Waals surface area contributed by atoms with Gasteiger partial charge in [0.25, 0.3) is 0 Å². The van der Waals surface area contributed by atoms with Gasteiger partial charge in [-0.15, -0.1) is 0 Å². The topological polar surface area (TPSA) is 81.2 Å². The predicted molar refractivity (Wildman–Crippen MR) is 68.0 cm³/mol. The molecule has 7 heteroatoms. The van der Waals surface area contributed by atoms with Crippen molar-refractivity contribution in [2.75, 3.05) is 0 Å². The van der Waals surface area contributed by atoms with E-state index >= 15 is 0 Å². The van der Waals surface area contributed by atoms with Crippen LogP contribution in [0.4, 0.5) is 5.82 Å². The Morgan fingerprint density at radius 1 is 1.56 bits per heavy atom. The molecular weight excluding hydrogens is 302 g/mol. The third-order valence-electron chi connectivity index (χ3n) is 2.42. The minimum Gasteiger partial charge on any atom is -0.387 e. The van der Waals surface area contributed by atoms with Crippen molar-refractivity contribution in [1.82, 2.24) is 9.55 Å². The van der Waals surface area contributed by atoms with E-state index in [1.165, 1.54) is 17.1 Å². The average molecular weight is 312 g/mol. The SMILES string of the molecule is O=[N+]([O-])c1cn(CC(O)c2cccc(Br)c2)cn1. The number of aliphatic hydroxyl groups is 1. The van der Waals surface area contributed by atoms with Crippen LogP contribution in [0.5, 0.6) is 0 Å². The number of nitro groups is 1. The van der Waals surface area contributed by atoms with Crippen molar-refractivity contribution in [3.63, 3.8) is 0 Å². The summed E-state index contributed by atoms with van der Waals surface area (Å²) in [5.41, 5.74) is 0.737. The van der Waals surface area contributed by atoms with Crippen LogP contribution in [-0.2, 0) is 6.54 Å². The summed E-state index contributed by atoms with van der Waals surface area (Å²) < 4.78 is 2.36. The summed E-state index contributed by atoms with van der Waals surface area (Å²) in [6, 6.07) is 7.27. The molecule has 1 atom stereocenters. The molecule has 2 aromatic rings. The molecule has 1 N–H and O–H groups in total. The summed E-state index contributed by atoms with van der Waals surface area (Å²) in [4.78, 5) is 13.5. The molecule has 1 aromatic heterocycles. The summed E-state index contributed by atoms with van der Waals surface area (Å²) in [5, 5.41) is 20.5. The van der Waals surface area contributed by atoms with Crippen molar-refractivity contribution in [3.05, 3.63) is 56.9 Å². The second-order valence-corrected chi connectivity index (χ2v) is 4.67. The molecule has 94 valence electrons. The van der Waals surface area contributed by atoms with Crippen molar-refractivity contribution in [1.29, 1.82) is 0 Å². The van der Waals surface area contributed by atoms with Crippen LogP contribution in [-0.4, -0.2) is 19.6 Å². The number of aliphatic hydroxyl groups excluding tert-OH is 1. The first-order valence-corrected chi connectivity index (χ1v) is 5.95. The highest BCUT2D eigenvalue weighted by atomic mass is 79.9. The van der Waals surface area contributed by atoms with Gasteiger partial charge in [-0.05, 0) is 27.6 Å². The molecule has 0 aliphatic carbocycles. The number of nitrogens with zero attached hydrogens (tertiary/aromatic N) is 3. The Balaban J connectivity index is 2.11. The van der Waals surface area contributed by atoms with Gasteiger partial charge in [-0.2, -0.15) is 0 Å². The number of hydrogen-bond acceptors (Lipinski definition) is 4. The molecule has 0 saturated carbocycles. The zero-order valence-electron chi connectivity index (χ0n) is 9.23. The third-order valence-corrected chi connectivity index (χ3v) is 2.92. The highest BCUT2D eigenvalue weighted by Gasteiger charge is 2.13. The fourth-order valence-electron chi connectivity index (χ4n) is 1.56. The monoisotopic (exact) mass is 311 g/mol. The molecule has 0 aliphatic rings. The number of rotatable bonds is 4. The molecule has 0 amide bonds. The molecule has 1 heterocycles. The Bertz CT molecular complexity index is 570. The Kier molecular flexibility index (Phi) is 3.73. The molecule has 0 radical (unpaired) electrons. The van der Waals surface area contributed by atoms with Gasteiger partial charge in [-0.3, -0.25) is 0 Å². The predicted octanol–water partition coefficient (Wildman–Crippen LogP) is 2.29. The second kappa shape index (κ2) is 5.28. The van der Waals surface area contributed by atoms with E-state index in [0.29, 0.717) is 0 Å². The Labute approximate surface area is 111 Å². The Morgan fingerprint density at radius 2 is 2.33 bits per heavy atom. The standard InChI is InChI=1S/C11H10BrN3O3/c12-9-3-1-2-8(4-9)10(16)5-14-6-11(13-7-14)15(17)18/h1-4,6-7,10,16H,5H2. The van der Waals surface area contributed by atoms with Crippen molar-refractivity contribution < 1.29 is 10.0 Å². The molecule has 6 nitrogen and oxygen atoms in total. The Morgan fingerprint density at radius 3 is 2.94 bits per heavy atom. The summed E-state index contributed by atoms with van der Waals surface area (Å²) in [5.74, 6) is -0.226. The normalized spacial score (nSPS) is 12.3. The van der Waals surface area contributed by atoms with Crippen LogP contribution >= 0.6 is 15.9 Å². The van der Waals surface area contributed by atoms with E-state index in [2.05, 4.69) is 20.9 Å². The quantitative estimate of drug-likeness (QED) is 0.694. The molecule has 1 unspecified atom stereocenters. The fraction of sp³-hybridized carbons (Fsp3) is 0.182. The lowest BCUT2D eigenvalue weighted by molar-refractivity contribution is -0.389. The van der Waals surface area contributed by atoms with E-state index in [9.17, 15) is 15.2 Å². The highest BCUT2D eigenvalue weighted by Crippen LogP contribution is 2.20. The second-order valence-electron chi connectivity index (χ2n) is 3.76. The van der Waals surface area contributed by atoms with Crippen molar-refractivity contribution in [2.45, 2.75) is 12.6 Å². The number of hydrogen-bond donors (Lipinski definition) is 1. The van der Waals surface area contributed by atoms with Gasteiger partial charge < -0.3 is 19.8 Å². The van der Waals surface area contributed by atoms with Crippen LogP contribution in [0, 0.1) is 10.1 Å². The van der Waals surface area contributed by atoms with Crippen LogP contribution in [0.1, 0.15) is 11.7 Å². The van der Waals surface area contributed by atoms with E-state index < -0.39 is 11.0 Å². The van der Waals surface area contributed by atoms with Gasteiger partial charge in [0, 0.05) is 4.47 Å². The third kappa shape index (κ3) is 2.93. The van der Waals surface area contributed by atoms with Crippen molar-refractivity contribution in [2.24, 2.45) is 0 Å². The van der Waals surface area contributed by atoms with Gasteiger partial charge in [0.1, 0.15) is 6.20 Å². The maximum Gasteiger partial charge on any atom is 0.381 e. The van der Waals surface area contributed by atoms with E-state index in [4.69, 9.17) is 0 Å². The first-order chi connectivity index (χ1) is 8.56. The molecule has 0 saturated heterocycles. The lowest BCUT2D eigenvalue weighted by atomic mass is 10.1. The molecule has 0 spiro atoms. The summed E-state index contributed by atoms with van der Waals surface area (Å²) in [7, 11) is 0. The highest BCUT2D eigenvalue weighted by molar-refractivity contribution is 9.10. The van der Waals surface area contributed by atoms with E-state index in [1.54, 1.807) is 12.1 Å². The smallest absolute Gasteiger partial charge is 0.381 e. The average Bonchev–Trinajstić information content (AvgIpc) is 2.77. The molecule has 0 aliphatic heterocycles. The lowest BCUT2D eigenvalue weighted by Crippen LogP contribution is -2.07. The van der Waals surface area contributed by atoms with Gasteiger partial charge in [0.15, 0.2) is 0 Å². The van der Waals surface area contributed by atoms with E-state index in [-0.39, 0.29) is 12.4 Å². The number of benzene rings is 1. The van der Waals surface area contributed by atoms with Gasteiger partial charge in [-0.1, -0.05) is 28.1 Å². The van der Waals surface area contributed by atoms with Crippen molar-refractivity contribution >= 4 is 21.7 Å². The van der Waals surface area contributed by atoms with E-state index in [1.807, 2.05) is 12.1 Å². The van der Waals surface area contributed by atoms with Crippen LogP contribution in [0.15, 0.2) is 41.3 Å². The zero-order valence-corrected chi connectivity index (χ0v) is 10.8. The molecule has 2 rings (SSSR count). The van der Waals surface area contributed by atoms with Crippen LogP contribution in [0.3, 0.4) is 0 Å². The van der Waals surface area contributed by atoms with E-state index in [0.717, 1.165) is 10.0 Å². The fourth-order valence-corrected chi connectivity index (χ4v) is 1.98. The minimum atomic E-state index is -0.740. The maximum absolute atomic E-state index is 10.5. The molecule has 0 fully saturated rings. The summed E-state index contributed by atoms with van der Waals surface area (Å²) in [6.07, 6.45) is 1.89. The largest absolute Gasteiger partial charge is 0.387 e. The van der Waals surface area contributed by atoms with Crippen molar-refractivity contribution in [3.8, 4) is 0 Å². The number of imidazole rings is 1. The first kappa shape index (κ1) is 12.7. The van der Waals surface area contributed by atoms with Crippen LogP contribution in [0.25, 0.3) is 0 Å². The number of aromatic nitrogens is 2. The van der Waals surface area contributed by atoms with Crippen LogP contribution in [0.2, 0.25) is 0 Å². The van der Waals surface area contributed by atoms with Gasteiger partial charge in [0.2, 0.25) is 6.33 Å². The summed E-state index contributed by atoms with van der Waals surface area (Å²) >= 11 is 3.32. The zero-order chi connectivity index (χ0) is 13.1. The molecule has 0 bridgehead atoms. The maximum atomic E-state index is 10.5.